The SMILES string of the molecule is C[C@@H]1CN(C(=O)OC(C)(C)C)C[C@H](C)N1Cc1cn(Cc2ccccc2C(=O)N2CC=C(c3cccc(Cl)c3F)CC2)nn1. The number of nitrogens with zero attached hydrogens (tertiary/aromatic N) is 6. The van der Waals surface area contributed by atoms with Crippen LogP contribution in [0.1, 0.15) is 68.2 Å². The molecule has 0 N–H and O–H groups in total. The van der Waals surface area contributed by atoms with Crippen molar-refractivity contribution in [3.63, 3.8) is 0 Å². The van der Waals surface area contributed by atoms with E-state index in [0.717, 1.165) is 16.8 Å². The summed E-state index contributed by atoms with van der Waals surface area (Å²) in [4.78, 5) is 32.1. The van der Waals surface area contributed by atoms with Gasteiger partial charge < -0.3 is 14.5 Å². The second kappa shape index (κ2) is 13.1. The van der Waals surface area contributed by atoms with Gasteiger partial charge >= 0.3 is 6.09 Å². The van der Waals surface area contributed by atoms with E-state index in [0.29, 0.717) is 56.8 Å². The van der Waals surface area contributed by atoms with Gasteiger partial charge in [0, 0.05) is 55.9 Å². The van der Waals surface area contributed by atoms with Gasteiger partial charge in [0.1, 0.15) is 11.4 Å². The van der Waals surface area contributed by atoms with Crippen LogP contribution in [0.5, 0.6) is 0 Å². The Morgan fingerprint density at radius 2 is 1.75 bits per heavy atom. The van der Waals surface area contributed by atoms with Crippen molar-refractivity contribution in [2.45, 2.75) is 71.8 Å². The van der Waals surface area contributed by atoms with E-state index >= 15 is 0 Å². The van der Waals surface area contributed by atoms with Gasteiger partial charge in [-0.15, -0.1) is 5.10 Å². The van der Waals surface area contributed by atoms with Crippen LogP contribution in [-0.2, 0) is 17.8 Å². The van der Waals surface area contributed by atoms with E-state index in [-0.39, 0.29) is 29.1 Å². The summed E-state index contributed by atoms with van der Waals surface area (Å²) in [7, 11) is 0. The van der Waals surface area contributed by atoms with Crippen LogP contribution in [0, 0.1) is 5.82 Å². The zero-order valence-corrected chi connectivity index (χ0v) is 26.7. The molecule has 0 saturated carbocycles. The minimum atomic E-state index is -0.533. The first-order valence-corrected chi connectivity index (χ1v) is 15.4. The lowest BCUT2D eigenvalue weighted by molar-refractivity contribution is -0.00997. The maximum atomic E-state index is 14.5. The molecule has 3 heterocycles. The molecule has 5 rings (SSSR count). The van der Waals surface area contributed by atoms with Crippen molar-refractivity contribution in [1.29, 1.82) is 0 Å². The van der Waals surface area contributed by atoms with Gasteiger partial charge in [0.2, 0.25) is 0 Å². The third kappa shape index (κ3) is 7.30. The van der Waals surface area contributed by atoms with E-state index in [9.17, 15) is 14.0 Å². The maximum absolute atomic E-state index is 14.5. The van der Waals surface area contributed by atoms with Gasteiger partial charge in [0.05, 0.1) is 23.5 Å². The number of hydrogen-bond acceptors (Lipinski definition) is 6. The first kappa shape index (κ1) is 31.7. The third-order valence-electron chi connectivity index (χ3n) is 8.06. The number of halogens is 2. The van der Waals surface area contributed by atoms with Crippen molar-refractivity contribution in [3.05, 3.63) is 88.0 Å². The molecular formula is C33H40ClFN6O3. The van der Waals surface area contributed by atoms with Crippen molar-refractivity contribution < 1.29 is 18.7 Å². The fraction of sp³-hybridized carbons (Fsp3) is 0.455. The minimum Gasteiger partial charge on any atom is -0.444 e. The predicted octanol–water partition coefficient (Wildman–Crippen LogP) is 5.88. The largest absolute Gasteiger partial charge is 0.444 e. The van der Waals surface area contributed by atoms with Gasteiger partial charge in [0.25, 0.3) is 5.91 Å². The van der Waals surface area contributed by atoms with Crippen molar-refractivity contribution in [2.24, 2.45) is 0 Å². The molecule has 0 bridgehead atoms. The Hall–Kier alpha value is -3.76. The standard InChI is InChI=1S/C33H40ClFN6O3/c1-22-17-39(32(43)44-33(3,4)5)18-23(2)41(22)21-26-20-40(37-36-26)19-25-9-6-7-10-28(25)31(42)38-15-13-24(14-16-38)27-11-8-12-29(34)30(27)35/h6-13,20,22-23H,14-19,21H2,1-5H3/t22-,23+. The molecule has 2 aliphatic rings. The lowest BCUT2D eigenvalue weighted by Gasteiger charge is -2.44. The molecule has 1 saturated heterocycles. The van der Waals surface area contributed by atoms with Gasteiger partial charge in [-0.2, -0.15) is 0 Å². The van der Waals surface area contributed by atoms with Crippen LogP contribution in [0.25, 0.3) is 5.57 Å². The van der Waals surface area contributed by atoms with E-state index in [1.807, 2.05) is 57.3 Å². The smallest absolute Gasteiger partial charge is 0.410 e. The Bertz CT molecular complexity index is 1540. The zero-order chi connectivity index (χ0) is 31.6. The second-order valence-electron chi connectivity index (χ2n) is 12.7. The molecule has 0 radical (unpaired) electrons. The monoisotopic (exact) mass is 622 g/mol. The first-order chi connectivity index (χ1) is 20.9. The summed E-state index contributed by atoms with van der Waals surface area (Å²) < 4.78 is 21.9. The van der Waals surface area contributed by atoms with Crippen molar-refractivity contribution >= 4 is 29.2 Å². The van der Waals surface area contributed by atoms with Crippen LogP contribution in [0.4, 0.5) is 9.18 Å². The number of rotatable bonds is 6. The summed E-state index contributed by atoms with van der Waals surface area (Å²) in [5, 5.41) is 8.87. The molecule has 1 aromatic heterocycles. The number of hydrogen-bond donors (Lipinski definition) is 0. The van der Waals surface area contributed by atoms with Crippen LogP contribution in [-0.4, -0.2) is 85.6 Å². The average Bonchev–Trinajstić information content (AvgIpc) is 3.42. The number of ether oxygens (including phenoxy) is 1. The van der Waals surface area contributed by atoms with Crippen LogP contribution in [0.2, 0.25) is 5.02 Å². The quantitative estimate of drug-likeness (QED) is 0.342. The van der Waals surface area contributed by atoms with Crippen LogP contribution in [0.3, 0.4) is 0 Å². The average molecular weight is 623 g/mol. The van der Waals surface area contributed by atoms with Crippen LogP contribution in [0.15, 0.2) is 54.7 Å². The summed E-state index contributed by atoms with van der Waals surface area (Å²) in [5.41, 5.74) is 3.08. The number of amides is 2. The van der Waals surface area contributed by atoms with Crippen molar-refractivity contribution in [1.82, 2.24) is 29.7 Å². The molecule has 0 spiro atoms. The number of carbonyl (C=O) groups is 2. The number of carbonyl (C=O) groups excluding carboxylic acids is 2. The molecule has 3 aromatic rings. The number of piperazine rings is 1. The van der Waals surface area contributed by atoms with E-state index in [1.165, 1.54) is 6.07 Å². The zero-order valence-electron chi connectivity index (χ0n) is 26.0. The Morgan fingerprint density at radius 3 is 2.43 bits per heavy atom. The van der Waals surface area contributed by atoms with Gasteiger partial charge in [-0.3, -0.25) is 9.69 Å². The van der Waals surface area contributed by atoms with Gasteiger partial charge in [-0.25, -0.2) is 13.9 Å². The van der Waals surface area contributed by atoms with Gasteiger partial charge in [-0.05, 0) is 64.3 Å². The molecule has 0 aliphatic carbocycles. The predicted molar refractivity (Wildman–Crippen MR) is 168 cm³/mol. The molecular weight excluding hydrogens is 583 g/mol. The van der Waals surface area contributed by atoms with E-state index in [2.05, 4.69) is 29.1 Å². The van der Waals surface area contributed by atoms with Crippen molar-refractivity contribution in [2.75, 3.05) is 26.2 Å². The van der Waals surface area contributed by atoms with Gasteiger partial charge in [0.15, 0.2) is 0 Å². The molecule has 1 fully saturated rings. The second-order valence-corrected chi connectivity index (χ2v) is 13.1. The first-order valence-electron chi connectivity index (χ1n) is 15.0. The van der Waals surface area contributed by atoms with E-state index in [1.54, 1.807) is 26.6 Å². The Labute approximate surface area is 263 Å². The van der Waals surface area contributed by atoms with Crippen LogP contribution >= 0.6 is 11.6 Å². The molecule has 11 heteroatoms. The summed E-state index contributed by atoms with van der Waals surface area (Å²) >= 11 is 5.97. The number of aromatic nitrogens is 3. The Balaban J connectivity index is 1.22. The fourth-order valence-electron chi connectivity index (χ4n) is 5.88. The molecule has 2 aromatic carbocycles. The molecule has 2 aliphatic heterocycles. The summed E-state index contributed by atoms with van der Waals surface area (Å²) in [5.74, 6) is -0.502. The van der Waals surface area contributed by atoms with E-state index < -0.39 is 11.4 Å². The highest BCUT2D eigenvalue weighted by Crippen LogP contribution is 2.29. The third-order valence-corrected chi connectivity index (χ3v) is 8.35. The highest BCUT2D eigenvalue weighted by molar-refractivity contribution is 6.30. The topological polar surface area (TPSA) is 83.8 Å². The minimum absolute atomic E-state index is 0.0756. The Kier molecular flexibility index (Phi) is 9.41. The Morgan fingerprint density at radius 1 is 1.02 bits per heavy atom. The summed E-state index contributed by atoms with van der Waals surface area (Å²) in [6.45, 7) is 12.8. The normalized spacial score (nSPS) is 19.6. The molecule has 2 amide bonds. The molecule has 0 unspecified atom stereocenters. The molecule has 9 nitrogen and oxygen atoms in total. The fourth-order valence-corrected chi connectivity index (χ4v) is 6.06. The van der Waals surface area contributed by atoms with Crippen molar-refractivity contribution in [3.8, 4) is 0 Å². The highest BCUT2D eigenvalue weighted by atomic mass is 35.5. The summed E-state index contributed by atoms with van der Waals surface area (Å²) in [6, 6.07) is 12.7. The lowest BCUT2D eigenvalue weighted by atomic mass is 9.98. The molecule has 2 atom stereocenters. The maximum Gasteiger partial charge on any atom is 0.410 e. The summed E-state index contributed by atoms with van der Waals surface area (Å²) in [6.07, 6.45) is 4.07. The highest BCUT2D eigenvalue weighted by Gasteiger charge is 2.34. The number of benzene rings is 2. The van der Waals surface area contributed by atoms with Crippen LogP contribution < -0.4 is 0 Å². The molecule has 234 valence electrons. The van der Waals surface area contributed by atoms with E-state index in [4.69, 9.17) is 16.3 Å². The lowest BCUT2D eigenvalue weighted by Crippen LogP contribution is -2.58. The van der Waals surface area contributed by atoms with Gasteiger partial charge in [-0.1, -0.05) is 53.2 Å². The molecule has 44 heavy (non-hydrogen) atoms.